The van der Waals surface area contributed by atoms with Crippen LogP contribution in [0, 0.1) is 18.8 Å². The molecule has 5 heteroatoms. The van der Waals surface area contributed by atoms with Gasteiger partial charge < -0.3 is 14.2 Å². The fraction of sp³-hybridized carbons (Fsp3) is 0.156. The summed E-state index contributed by atoms with van der Waals surface area (Å²) in [7, 11) is 2.00. The quantitative estimate of drug-likeness (QED) is 0.130. The molecule has 9 rings (SSSR count). The van der Waals surface area contributed by atoms with Crippen LogP contribution in [0.15, 0.2) is 128 Å². The van der Waals surface area contributed by atoms with Crippen LogP contribution >= 0.6 is 0 Å². The number of anilines is 1. The van der Waals surface area contributed by atoms with Crippen LogP contribution in [-0.2, 0) is 20.1 Å². The van der Waals surface area contributed by atoms with E-state index in [1.165, 1.54) is 54.5 Å². The van der Waals surface area contributed by atoms with Crippen LogP contribution in [-0.4, -0.2) is 21.3 Å². The first-order valence-corrected chi connectivity index (χ1v) is 17.1. The number of rotatable bonds is 4. The maximum Gasteiger partial charge on any atom is 3.00 e. The molecule has 0 fully saturated rings. The van der Waals surface area contributed by atoms with E-state index < -0.39 is 0 Å². The van der Waals surface area contributed by atoms with E-state index in [1.54, 1.807) is 0 Å². The second-order valence-corrected chi connectivity index (χ2v) is 13.5. The molecule has 248 valence electrons. The maximum absolute atomic E-state index is 5.32. The van der Waals surface area contributed by atoms with Crippen LogP contribution in [0.2, 0.25) is 0 Å². The van der Waals surface area contributed by atoms with Gasteiger partial charge in [-0.15, -0.1) is 35.3 Å². The number of hydrogen-bond acceptors (Lipinski definition) is 3. The van der Waals surface area contributed by atoms with Crippen LogP contribution in [0.3, 0.4) is 0 Å². The van der Waals surface area contributed by atoms with Gasteiger partial charge >= 0.3 is 20.1 Å². The van der Waals surface area contributed by atoms with Crippen molar-refractivity contribution >= 4 is 54.6 Å². The summed E-state index contributed by atoms with van der Waals surface area (Å²) in [4.78, 5) is 9.35. The Hall–Kier alpha value is -4.96. The molecule has 0 saturated heterocycles. The van der Waals surface area contributed by atoms with Gasteiger partial charge in [0.25, 0.3) is 0 Å². The molecule has 2 aromatic heterocycles. The van der Waals surface area contributed by atoms with E-state index in [4.69, 9.17) is 4.98 Å². The minimum Gasteiger partial charge on any atom is -0.510 e. The Morgan fingerprint density at radius 3 is 2.08 bits per heavy atom. The Kier molecular flexibility index (Phi) is 9.22. The Morgan fingerprint density at radius 2 is 1.36 bits per heavy atom. The Morgan fingerprint density at radius 1 is 0.660 bits per heavy atom. The summed E-state index contributed by atoms with van der Waals surface area (Å²) in [5, 5.41) is 8.61. The van der Waals surface area contributed by atoms with Crippen molar-refractivity contribution in [1.29, 1.82) is 0 Å². The molecule has 3 heterocycles. The zero-order chi connectivity index (χ0) is 33.6. The Labute approximate surface area is 308 Å². The Bertz CT molecular complexity index is 2490. The van der Waals surface area contributed by atoms with Crippen molar-refractivity contribution in [3.8, 4) is 11.3 Å². The fourth-order valence-electron chi connectivity index (χ4n) is 7.23. The number of hydrogen-bond donors (Lipinski definition) is 0. The normalized spacial score (nSPS) is 12.9. The molecular formula is C45H39IrN4. The van der Waals surface area contributed by atoms with Crippen LogP contribution in [0.1, 0.15) is 50.7 Å². The van der Waals surface area contributed by atoms with Gasteiger partial charge in [0.2, 0.25) is 0 Å². The topological polar surface area (TPSA) is 23.8 Å². The maximum atomic E-state index is 5.32. The molecule has 0 atom stereocenters. The minimum atomic E-state index is 0. The molecule has 0 saturated carbocycles. The average Bonchev–Trinajstić information content (AvgIpc) is 3.79. The first-order valence-electron chi connectivity index (χ1n) is 17.1. The van der Waals surface area contributed by atoms with Crippen molar-refractivity contribution in [2.75, 3.05) is 11.9 Å². The van der Waals surface area contributed by atoms with Gasteiger partial charge in [0, 0.05) is 17.3 Å². The Balaban J connectivity index is 0.000000255. The van der Waals surface area contributed by atoms with Crippen LogP contribution in [0.25, 0.3) is 60.1 Å². The molecule has 0 amide bonds. The SMILES string of the molecule is CC(C)c1cccc(C(C)C)c1-c1cn2c3ccc4ccc5ccccc5c4c3c3ccc[c-]c3c2n1.CN1C=CN(c2[c-]cccc2)[CH-]1.[Ir+3]. The average molecular weight is 828 g/mol. The van der Waals surface area contributed by atoms with E-state index in [1.807, 2.05) is 66.2 Å². The number of benzene rings is 6. The number of imidazole rings is 1. The molecule has 0 N–H and O–H groups in total. The van der Waals surface area contributed by atoms with Gasteiger partial charge in [-0.2, -0.15) is 37.0 Å². The third-order valence-corrected chi connectivity index (χ3v) is 9.57. The summed E-state index contributed by atoms with van der Waals surface area (Å²) in [6.07, 6.45) is 6.26. The van der Waals surface area contributed by atoms with E-state index in [2.05, 4.69) is 129 Å². The van der Waals surface area contributed by atoms with E-state index in [0.29, 0.717) is 11.8 Å². The predicted octanol–water partition coefficient (Wildman–Crippen LogP) is 11.5. The largest absolute Gasteiger partial charge is 3.00 e. The van der Waals surface area contributed by atoms with Gasteiger partial charge in [0.1, 0.15) is 0 Å². The third kappa shape index (κ3) is 5.85. The van der Waals surface area contributed by atoms with E-state index in [0.717, 1.165) is 22.4 Å². The molecule has 6 aromatic carbocycles. The second-order valence-electron chi connectivity index (χ2n) is 13.5. The van der Waals surface area contributed by atoms with Crippen molar-refractivity contribution in [2.45, 2.75) is 39.5 Å². The molecule has 0 bridgehead atoms. The summed E-state index contributed by atoms with van der Waals surface area (Å²) in [6, 6.07) is 45.3. The van der Waals surface area contributed by atoms with Gasteiger partial charge in [0.05, 0.1) is 11.3 Å². The summed E-state index contributed by atoms with van der Waals surface area (Å²) in [6.45, 7) is 11.1. The van der Waals surface area contributed by atoms with Crippen molar-refractivity contribution in [3.63, 3.8) is 0 Å². The number of para-hydroxylation sites is 1. The molecule has 1 aliphatic heterocycles. The van der Waals surface area contributed by atoms with Crippen molar-refractivity contribution < 1.29 is 20.1 Å². The number of pyridine rings is 1. The first-order chi connectivity index (χ1) is 23.9. The zero-order valence-corrected chi connectivity index (χ0v) is 31.4. The van der Waals surface area contributed by atoms with Crippen LogP contribution < -0.4 is 4.90 Å². The molecule has 4 nitrogen and oxygen atoms in total. The van der Waals surface area contributed by atoms with Crippen LogP contribution in [0.4, 0.5) is 5.69 Å². The molecule has 8 aromatic rings. The zero-order valence-electron chi connectivity index (χ0n) is 29.0. The third-order valence-electron chi connectivity index (χ3n) is 9.57. The van der Waals surface area contributed by atoms with E-state index in [-0.39, 0.29) is 20.1 Å². The number of aromatic nitrogens is 2. The molecule has 0 radical (unpaired) electrons. The molecule has 50 heavy (non-hydrogen) atoms. The molecule has 1 aliphatic rings. The summed E-state index contributed by atoms with van der Waals surface area (Å²) in [5.74, 6) is 0.822. The monoisotopic (exact) mass is 828 g/mol. The number of fused-ring (bicyclic) bond motifs is 10. The van der Waals surface area contributed by atoms with Gasteiger partial charge in [0.15, 0.2) is 0 Å². The summed E-state index contributed by atoms with van der Waals surface area (Å²) >= 11 is 0. The van der Waals surface area contributed by atoms with Crippen molar-refractivity contribution in [1.82, 2.24) is 14.3 Å². The van der Waals surface area contributed by atoms with Gasteiger partial charge in [-0.25, -0.2) is 0 Å². The fourth-order valence-corrected chi connectivity index (χ4v) is 7.23. The molecule has 0 spiro atoms. The second kappa shape index (κ2) is 13.7. The summed E-state index contributed by atoms with van der Waals surface area (Å²) in [5.41, 5.74) is 8.23. The van der Waals surface area contributed by atoms with E-state index in [9.17, 15) is 0 Å². The molecular weight excluding hydrogens is 789 g/mol. The first kappa shape index (κ1) is 33.5. The molecule has 0 aliphatic carbocycles. The van der Waals surface area contributed by atoms with Gasteiger partial charge in [-0.05, 0) is 75.4 Å². The summed E-state index contributed by atoms with van der Waals surface area (Å²) < 4.78 is 2.30. The van der Waals surface area contributed by atoms with E-state index >= 15 is 0 Å². The van der Waals surface area contributed by atoms with Crippen molar-refractivity contribution in [3.05, 3.63) is 158 Å². The van der Waals surface area contributed by atoms with Crippen molar-refractivity contribution in [2.24, 2.45) is 0 Å². The standard InChI is InChI=1S/C35H29N2.C10H10N2.Ir/c1-21(2)25-14-9-15-26(22(3)4)33(25)30-20-37-31-19-18-24-17-16-23-10-5-6-11-27(23)32(24)34(31)28-12-7-8-13-29(28)35(37)36-30;1-11-7-8-12(9-11)10-5-3-2-4-6-10;/h5-12,14-22H,1-4H3;2-5,7-9H,1H3;/q-1;-2;+3. The smallest absolute Gasteiger partial charge is 0.510 e. The van der Waals surface area contributed by atoms with Gasteiger partial charge in [-0.3, -0.25) is 4.98 Å². The number of nitrogens with zero attached hydrogens (tertiary/aromatic N) is 4. The van der Waals surface area contributed by atoms with Crippen LogP contribution in [0.5, 0.6) is 0 Å². The minimum absolute atomic E-state index is 0. The predicted molar refractivity (Wildman–Crippen MR) is 207 cm³/mol. The van der Waals surface area contributed by atoms with Gasteiger partial charge in [-0.1, -0.05) is 93.7 Å². The molecule has 0 unspecified atom stereocenters.